The minimum absolute atomic E-state index is 0.190. The maximum Gasteiger partial charge on any atom is 0.159 e. The number of rotatable bonds is 6. The molecule has 98 valence electrons. The maximum atomic E-state index is 5.32. The number of ether oxygens (including phenoxy) is 1. The largest absolute Gasteiger partial charge is 0.493 e. The third-order valence-electron chi connectivity index (χ3n) is 2.68. The molecule has 4 nitrogen and oxygen atoms in total. The lowest BCUT2D eigenvalue weighted by Crippen LogP contribution is -2.36. The topological polar surface area (TPSA) is 39.1 Å². The van der Waals surface area contributed by atoms with Crippen LogP contribution in [0.15, 0.2) is 6.20 Å². The molecule has 0 aliphatic carbocycles. The summed E-state index contributed by atoms with van der Waals surface area (Å²) in [6.45, 7) is 10.6. The van der Waals surface area contributed by atoms with Crippen molar-refractivity contribution < 1.29 is 4.74 Å². The van der Waals surface area contributed by atoms with Gasteiger partial charge in [0.15, 0.2) is 5.75 Å². The van der Waals surface area contributed by atoms with Gasteiger partial charge in [-0.15, -0.1) is 0 Å². The van der Waals surface area contributed by atoms with Gasteiger partial charge in [0.05, 0.1) is 19.0 Å². The van der Waals surface area contributed by atoms with Crippen LogP contribution in [0.1, 0.15) is 39.8 Å². The van der Waals surface area contributed by atoms with Gasteiger partial charge in [-0.05, 0) is 47.1 Å². The van der Waals surface area contributed by atoms with Gasteiger partial charge in [-0.3, -0.25) is 4.68 Å². The summed E-state index contributed by atoms with van der Waals surface area (Å²) >= 11 is 0. The van der Waals surface area contributed by atoms with Crippen LogP contribution in [0.25, 0.3) is 0 Å². The molecule has 17 heavy (non-hydrogen) atoms. The van der Waals surface area contributed by atoms with Crippen molar-refractivity contribution in [3.63, 3.8) is 0 Å². The number of hydrogen-bond donors (Lipinski definition) is 1. The van der Waals surface area contributed by atoms with Crippen molar-refractivity contribution in [2.24, 2.45) is 0 Å². The number of hydrogen-bond acceptors (Lipinski definition) is 3. The Labute approximate surface area is 104 Å². The first-order chi connectivity index (χ1) is 7.98. The molecule has 1 aromatic heterocycles. The molecule has 0 fully saturated rings. The lowest BCUT2D eigenvalue weighted by molar-refractivity contribution is 0.400. The quantitative estimate of drug-likeness (QED) is 0.774. The van der Waals surface area contributed by atoms with Crippen LogP contribution in [0, 0.1) is 0 Å². The van der Waals surface area contributed by atoms with E-state index in [2.05, 4.69) is 38.1 Å². The summed E-state index contributed by atoms with van der Waals surface area (Å²) in [6, 6.07) is 0. The van der Waals surface area contributed by atoms with Gasteiger partial charge in [0.1, 0.15) is 0 Å². The molecule has 1 N–H and O–H groups in total. The zero-order chi connectivity index (χ0) is 12.9. The highest BCUT2D eigenvalue weighted by Gasteiger charge is 2.11. The van der Waals surface area contributed by atoms with E-state index in [4.69, 9.17) is 4.74 Å². The van der Waals surface area contributed by atoms with Crippen LogP contribution in [-0.2, 0) is 13.0 Å². The van der Waals surface area contributed by atoms with Crippen LogP contribution in [0.5, 0.6) is 5.75 Å². The molecule has 4 heteroatoms. The van der Waals surface area contributed by atoms with Crippen LogP contribution < -0.4 is 10.1 Å². The van der Waals surface area contributed by atoms with E-state index in [0.29, 0.717) is 0 Å². The van der Waals surface area contributed by atoms with Gasteiger partial charge < -0.3 is 10.1 Å². The van der Waals surface area contributed by atoms with Gasteiger partial charge in [-0.1, -0.05) is 0 Å². The summed E-state index contributed by atoms with van der Waals surface area (Å²) < 4.78 is 7.33. The second kappa shape index (κ2) is 6.05. The normalized spacial score (nSPS) is 11.8. The van der Waals surface area contributed by atoms with Crippen molar-refractivity contribution >= 4 is 0 Å². The second-order valence-electron chi connectivity index (χ2n) is 5.26. The summed E-state index contributed by atoms with van der Waals surface area (Å²) in [5.41, 5.74) is 1.39. The van der Waals surface area contributed by atoms with E-state index in [1.807, 2.05) is 4.68 Å². The molecule has 0 spiro atoms. The molecule has 0 atom stereocenters. The van der Waals surface area contributed by atoms with Crippen molar-refractivity contribution in [1.82, 2.24) is 15.1 Å². The van der Waals surface area contributed by atoms with E-state index >= 15 is 0 Å². The highest BCUT2D eigenvalue weighted by molar-refractivity contribution is 5.25. The first-order valence-corrected chi connectivity index (χ1v) is 6.31. The smallest absolute Gasteiger partial charge is 0.159 e. The molecule has 0 amide bonds. The Morgan fingerprint density at radius 3 is 2.65 bits per heavy atom. The molecule has 0 aliphatic heterocycles. The van der Waals surface area contributed by atoms with E-state index in [0.717, 1.165) is 31.7 Å². The standard InChI is InChI=1S/C13H25N3O/c1-6-16-11(12(17-5)10-15-16)8-7-9-14-13(2,3)4/h10,14H,6-9H2,1-5H3. The Bertz CT molecular complexity index is 317. The summed E-state index contributed by atoms with van der Waals surface area (Å²) in [4.78, 5) is 0. The molecule has 0 radical (unpaired) electrons. The maximum absolute atomic E-state index is 5.32. The number of nitrogens with zero attached hydrogens (tertiary/aromatic N) is 2. The van der Waals surface area contributed by atoms with Crippen LogP contribution in [-0.4, -0.2) is 29.0 Å². The van der Waals surface area contributed by atoms with Gasteiger partial charge in [0, 0.05) is 12.1 Å². The molecule has 0 aromatic carbocycles. The monoisotopic (exact) mass is 239 g/mol. The Balaban J connectivity index is 2.48. The summed E-state index contributed by atoms with van der Waals surface area (Å²) in [7, 11) is 1.70. The highest BCUT2D eigenvalue weighted by Crippen LogP contribution is 2.18. The van der Waals surface area contributed by atoms with E-state index in [9.17, 15) is 0 Å². The molecular weight excluding hydrogens is 214 g/mol. The van der Waals surface area contributed by atoms with Crippen molar-refractivity contribution in [2.75, 3.05) is 13.7 Å². The van der Waals surface area contributed by atoms with Crippen LogP contribution in [0.4, 0.5) is 0 Å². The SMILES string of the molecule is CCn1ncc(OC)c1CCCNC(C)(C)C. The van der Waals surface area contributed by atoms with E-state index < -0.39 is 0 Å². The zero-order valence-electron chi connectivity index (χ0n) is 11.7. The molecule has 1 rings (SSSR count). The van der Waals surface area contributed by atoms with Gasteiger partial charge in [0.25, 0.3) is 0 Å². The Hall–Kier alpha value is -1.03. The fraction of sp³-hybridized carbons (Fsp3) is 0.769. The van der Waals surface area contributed by atoms with E-state index in [-0.39, 0.29) is 5.54 Å². The Morgan fingerprint density at radius 1 is 1.41 bits per heavy atom. The predicted octanol–water partition coefficient (Wildman–Crippen LogP) is 2.23. The van der Waals surface area contributed by atoms with Crippen LogP contribution >= 0.6 is 0 Å². The molecule has 0 bridgehead atoms. The predicted molar refractivity (Wildman–Crippen MR) is 70.5 cm³/mol. The molecule has 1 heterocycles. The van der Waals surface area contributed by atoms with Crippen LogP contribution in [0.2, 0.25) is 0 Å². The van der Waals surface area contributed by atoms with Gasteiger partial charge in [-0.25, -0.2) is 0 Å². The van der Waals surface area contributed by atoms with Crippen LogP contribution in [0.3, 0.4) is 0 Å². The number of aromatic nitrogens is 2. The van der Waals surface area contributed by atoms with Crippen molar-refractivity contribution in [1.29, 1.82) is 0 Å². The zero-order valence-corrected chi connectivity index (χ0v) is 11.7. The average molecular weight is 239 g/mol. The van der Waals surface area contributed by atoms with Crippen molar-refractivity contribution in [3.05, 3.63) is 11.9 Å². The molecule has 0 unspecified atom stereocenters. The number of nitrogens with one attached hydrogen (secondary N) is 1. The third kappa shape index (κ3) is 4.38. The van der Waals surface area contributed by atoms with E-state index in [1.165, 1.54) is 5.69 Å². The Kier molecular flexibility index (Phi) is 5.00. The highest BCUT2D eigenvalue weighted by atomic mass is 16.5. The fourth-order valence-electron chi connectivity index (χ4n) is 1.81. The van der Waals surface area contributed by atoms with Gasteiger partial charge in [-0.2, -0.15) is 5.10 Å². The lowest BCUT2D eigenvalue weighted by atomic mass is 10.1. The molecule has 0 aliphatic rings. The first-order valence-electron chi connectivity index (χ1n) is 6.31. The lowest BCUT2D eigenvalue weighted by Gasteiger charge is -2.20. The van der Waals surface area contributed by atoms with Crippen molar-refractivity contribution in [3.8, 4) is 5.75 Å². The van der Waals surface area contributed by atoms with Gasteiger partial charge in [0.2, 0.25) is 0 Å². The molecule has 0 saturated carbocycles. The fourth-order valence-corrected chi connectivity index (χ4v) is 1.81. The summed E-state index contributed by atoms with van der Waals surface area (Å²) in [5.74, 6) is 0.905. The summed E-state index contributed by atoms with van der Waals surface area (Å²) in [5, 5.41) is 7.79. The third-order valence-corrected chi connectivity index (χ3v) is 2.68. The molecule has 0 saturated heterocycles. The Morgan fingerprint density at radius 2 is 2.12 bits per heavy atom. The molecular formula is C13H25N3O. The number of aryl methyl sites for hydroxylation is 1. The summed E-state index contributed by atoms with van der Waals surface area (Å²) in [6.07, 6.45) is 3.90. The van der Waals surface area contributed by atoms with Crippen molar-refractivity contribution in [2.45, 2.75) is 52.6 Å². The minimum Gasteiger partial charge on any atom is -0.493 e. The molecule has 1 aromatic rings. The first kappa shape index (κ1) is 14.0. The average Bonchev–Trinajstić information content (AvgIpc) is 2.65. The van der Waals surface area contributed by atoms with E-state index in [1.54, 1.807) is 13.3 Å². The second-order valence-corrected chi connectivity index (χ2v) is 5.26. The minimum atomic E-state index is 0.190. The van der Waals surface area contributed by atoms with Gasteiger partial charge >= 0.3 is 0 Å². The number of methoxy groups -OCH3 is 1.